The van der Waals surface area contributed by atoms with E-state index in [2.05, 4.69) is 9.71 Å². The molecular weight excluding hydrogens is 364 g/mol. The number of nitrogens with zero attached hydrogens (tertiary/aromatic N) is 2. The molecule has 0 aliphatic rings. The number of sulfonamides is 1. The van der Waals surface area contributed by atoms with Gasteiger partial charge >= 0.3 is 0 Å². The number of nitrogens with two attached hydrogens (primary N) is 1. The van der Waals surface area contributed by atoms with Gasteiger partial charge in [-0.1, -0.05) is 42.5 Å². The van der Waals surface area contributed by atoms with Crippen LogP contribution in [0.2, 0.25) is 0 Å². The monoisotopic (exact) mass is 380 g/mol. The first-order valence-electron chi connectivity index (χ1n) is 8.20. The fraction of sp³-hybridized carbons (Fsp3) is 0.0526. The van der Waals surface area contributed by atoms with E-state index < -0.39 is 15.6 Å². The number of nitrogen functional groups attached to an aromatic ring is 1. The lowest BCUT2D eigenvalue weighted by Gasteiger charge is -2.11. The summed E-state index contributed by atoms with van der Waals surface area (Å²) < 4.78 is 28.6. The number of benzene rings is 3. The van der Waals surface area contributed by atoms with E-state index in [-0.39, 0.29) is 17.3 Å². The Labute approximate surface area is 155 Å². The van der Waals surface area contributed by atoms with Crippen LogP contribution >= 0.6 is 0 Å². The van der Waals surface area contributed by atoms with Crippen LogP contribution in [0, 0.1) is 0 Å². The van der Waals surface area contributed by atoms with Gasteiger partial charge in [-0.2, -0.15) is 0 Å². The van der Waals surface area contributed by atoms with Crippen molar-refractivity contribution in [1.82, 2.24) is 14.4 Å². The summed E-state index contributed by atoms with van der Waals surface area (Å²) in [6.45, 7) is -0.203. The van der Waals surface area contributed by atoms with E-state index in [1.165, 1.54) is 6.07 Å². The molecule has 1 aromatic heterocycles. The maximum atomic E-state index is 12.6. The van der Waals surface area contributed by atoms with Crippen LogP contribution < -0.4 is 16.1 Å². The molecule has 0 fully saturated rings. The highest BCUT2D eigenvalue weighted by molar-refractivity contribution is 7.89. The Kier molecular flexibility index (Phi) is 4.14. The van der Waals surface area contributed by atoms with Crippen molar-refractivity contribution in [1.29, 1.82) is 0 Å². The van der Waals surface area contributed by atoms with Crippen molar-refractivity contribution in [2.45, 2.75) is 11.4 Å². The number of nitrogens with one attached hydrogen (secondary N) is 1. The SMILES string of the molecule is Nn1c(CNS(=O)(=O)c2ccc3ccccc3c2)nc2ccccc2c1=O. The highest BCUT2D eigenvalue weighted by Crippen LogP contribution is 2.19. The predicted octanol–water partition coefficient (Wildman–Crippen LogP) is 1.74. The number of rotatable bonds is 4. The fourth-order valence-corrected chi connectivity index (χ4v) is 3.91. The van der Waals surface area contributed by atoms with Crippen LogP contribution in [0.5, 0.6) is 0 Å². The molecule has 4 aromatic rings. The Morgan fingerprint density at radius 3 is 2.48 bits per heavy atom. The highest BCUT2D eigenvalue weighted by Gasteiger charge is 2.16. The largest absolute Gasteiger partial charge is 0.335 e. The molecule has 136 valence electrons. The average Bonchev–Trinajstić information content (AvgIpc) is 2.69. The van der Waals surface area contributed by atoms with Crippen molar-refractivity contribution in [3.05, 3.63) is 82.9 Å². The van der Waals surface area contributed by atoms with Crippen molar-refractivity contribution >= 4 is 31.7 Å². The summed E-state index contributed by atoms with van der Waals surface area (Å²) in [7, 11) is -3.79. The first kappa shape index (κ1) is 17.2. The van der Waals surface area contributed by atoms with Crippen molar-refractivity contribution < 1.29 is 8.42 Å². The minimum atomic E-state index is -3.79. The standard InChI is InChI=1S/C19H16N4O3S/c20-23-18(22-17-8-4-3-7-16(17)19(23)24)12-21-27(25,26)15-10-9-13-5-1-2-6-14(13)11-15/h1-11,21H,12,20H2. The van der Waals surface area contributed by atoms with E-state index >= 15 is 0 Å². The predicted molar refractivity (Wildman–Crippen MR) is 104 cm³/mol. The summed E-state index contributed by atoms with van der Waals surface area (Å²) in [5, 5.41) is 2.14. The van der Waals surface area contributed by atoms with E-state index in [1.54, 1.807) is 36.4 Å². The second-order valence-electron chi connectivity index (χ2n) is 6.05. The number of hydrogen-bond acceptors (Lipinski definition) is 5. The summed E-state index contributed by atoms with van der Waals surface area (Å²) in [4.78, 5) is 16.7. The molecular formula is C19H16N4O3S. The Morgan fingerprint density at radius 1 is 0.963 bits per heavy atom. The van der Waals surface area contributed by atoms with Crippen molar-refractivity contribution in [2.75, 3.05) is 5.84 Å². The maximum Gasteiger partial charge on any atom is 0.279 e. The fourth-order valence-electron chi connectivity index (χ4n) is 2.89. The zero-order chi connectivity index (χ0) is 19.0. The van der Waals surface area contributed by atoms with E-state index in [0.717, 1.165) is 15.4 Å². The number of para-hydroxylation sites is 1. The van der Waals surface area contributed by atoms with Crippen LogP contribution in [0.4, 0.5) is 0 Å². The van der Waals surface area contributed by atoms with E-state index in [4.69, 9.17) is 5.84 Å². The second kappa shape index (κ2) is 6.49. The molecule has 0 unspecified atom stereocenters. The molecule has 4 rings (SSSR count). The summed E-state index contributed by atoms with van der Waals surface area (Å²) in [6, 6.07) is 19.1. The minimum absolute atomic E-state index is 0.128. The molecule has 0 radical (unpaired) electrons. The lowest BCUT2D eigenvalue weighted by Crippen LogP contribution is -2.35. The van der Waals surface area contributed by atoms with E-state index in [1.807, 2.05) is 24.3 Å². The van der Waals surface area contributed by atoms with Gasteiger partial charge in [0.25, 0.3) is 5.56 Å². The Hall–Kier alpha value is -3.23. The third-order valence-corrected chi connectivity index (χ3v) is 5.73. The van der Waals surface area contributed by atoms with Gasteiger partial charge in [-0.05, 0) is 35.0 Å². The van der Waals surface area contributed by atoms with Gasteiger partial charge in [-0.15, -0.1) is 0 Å². The highest BCUT2D eigenvalue weighted by atomic mass is 32.2. The molecule has 0 saturated carbocycles. The first-order valence-corrected chi connectivity index (χ1v) is 9.68. The van der Waals surface area contributed by atoms with Crippen molar-refractivity contribution in [2.24, 2.45) is 0 Å². The number of fused-ring (bicyclic) bond motifs is 2. The molecule has 3 aromatic carbocycles. The van der Waals surface area contributed by atoms with E-state index in [0.29, 0.717) is 10.9 Å². The Bertz CT molecular complexity index is 1330. The van der Waals surface area contributed by atoms with Crippen LogP contribution in [0.3, 0.4) is 0 Å². The molecule has 7 nitrogen and oxygen atoms in total. The normalized spacial score (nSPS) is 11.9. The van der Waals surface area contributed by atoms with Crippen LogP contribution in [-0.4, -0.2) is 18.1 Å². The zero-order valence-corrected chi connectivity index (χ0v) is 15.0. The smallest absolute Gasteiger partial charge is 0.279 e. The van der Waals surface area contributed by atoms with Gasteiger partial charge in [0.1, 0.15) is 5.82 Å². The molecule has 0 aliphatic heterocycles. The van der Waals surface area contributed by atoms with Gasteiger partial charge in [-0.3, -0.25) is 4.79 Å². The molecule has 8 heteroatoms. The van der Waals surface area contributed by atoms with Gasteiger partial charge in [0.05, 0.1) is 22.3 Å². The first-order chi connectivity index (χ1) is 13.0. The Balaban J connectivity index is 1.66. The quantitative estimate of drug-likeness (QED) is 0.525. The molecule has 1 heterocycles. The van der Waals surface area contributed by atoms with Gasteiger partial charge in [0, 0.05) is 0 Å². The third kappa shape index (κ3) is 3.16. The second-order valence-corrected chi connectivity index (χ2v) is 7.82. The zero-order valence-electron chi connectivity index (χ0n) is 14.2. The van der Waals surface area contributed by atoms with Crippen LogP contribution in [0.1, 0.15) is 5.82 Å². The molecule has 0 saturated heterocycles. The third-order valence-electron chi connectivity index (χ3n) is 4.33. The van der Waals surface area contributed by atoms with Crippen LogP contribution in [0.25, 0.3) is 21.7 Å². The van der Waals surface area contributed by atoms with Crippen LogP contribution in [-0.2, 0) is 16.6 Å². The Morgan fingerprint density at radius 2 is 1.67 bits per heavy atom. The maximum absolute atomic E-state index is 12.6. The summed E-state index contributed by atoms with van der Waals surface area (Å²) >= 11 is 0. The van der Waals surface area contributed by atoms with Crippen LogP contribution in [0.15, 0.2) is 76.4 Å². The number of hydrogen-bond donors (Lipinski definition) is 2. The van der Waals surface area contributed by atoms with Gasteiger partial charge < -0.3 is 5.84 Å². The molecule has 3 N–H and O–H groups in total. The van der Waals surface area contributed by atoms with E-state index in [9.17, 15) is 13.2 Å². The minimum Gasteiger partial charge on any atom is -0.335 e. The molecule has 27 heavy (non-hydrogen) atoms. The topological polar surface area (TPSA) is 107 Å². The average molecular weight is 380 g/mol. The van der Waals surface area contributed by atoms with Gasteiger partial charge in [0.15, 0.2) is 0 Å². The summed E-state index contributed by atoms with van der Waals surface area (Å²) in [5.74, 6) is 5.93. The van der Waals surface area contributed by atoms with Crippen molar-refractivity contribution in [3.8, 4) is 0 Å². The lowest BCUT2D eigenvalue weighted by atomic mass is 10.1. The molecule has 0 aliphatic carbocycles. The summed E-state index contributed by atoms with van der Waals surface area (Å²) in [5.41, 5.74) is 0.0320. The molecule has 0 atom stereocenters. The number of aromatic nitrogens is 2. The summed E-state index contributed by atoms with van der Waals surface area (Å²) in [6.07, 6.45) is 0. The van der Waals surface area contributed by atoms with Gasteiger partial charge in [0.2, 0.25) is 10.0 Å². The molecule has 0 spiro atoms. The van der Waals surface area contributed by atoms with Crippen molar-refractivity contribution in [3.63, 3.8) is 0 Å². The van der Waals surface area contributed by atoms with Gasteiger partial charge in [-0.25, -0.2) is 22.8 Å². The lowest BCUT2D eigenvalue weighted by molar-refractivity contribution is 0.577. The molecule has 0 amide bonds. The molecule has 0 bridgehead atoms.